The molecule has 0 saturated carbocycles. The Balaban J connectivity index is 1.95. The number of anilines is 1. The summed E-state index contributed by atoms with van der Waals surface area (Å²) >= 11 is 0. The highest BCUT2D eigenvalue weighted by molar-refractivity contribution is 5.98. The molecule has 0 aliphatic heterocycles. The second kappa shape index (κ2) is 8.01. The minimum absolute atomic E-state index is 0.0687. The number of carbonyl (C=O) groups is 4. The van der Waals surface area contributed by atoms with Crippen LogP contribution in [-0.2, 0) is 9.53 Å². The monoisotopic (exact) mass is 339 g/mol. The van der Waals surface area contributed by atoms with Gasteiger partial charge >= 0.3 is 5.97 Å². The average Bonchev–Trinajstić information content (AvgIpc) is 2.62. The molecule has 0 fully saturated rings. The van der Waals surface area contributed by atoms with Gasteiger partial charge in [-0.2, -0.15) is 0 Å². The molecule has 0 heterocycles. The second-order valence-corrected chi connectivity index (χ2v) is 5.41. The minimum Gasteiger partial charge on any atom is -0.449 e. The van der Waals surface area contributed by atoms with Gasteiger partial charge in [0.05, 0.1) is 5.56 Å². The highest BCUT2D eigenvalue weighted by Gasteiger charge is 2.19. The van der Waals surface area contributed by atoms with E-state index >= 15 is 0 Å². The van der Waals surface area contributed by atoms with E-state index in [1.54, 1.807) is 24.3 Å². The maximum absolute atomic E-state index is 12.1. The molecular formula is C19H17NO5. The van der Waals surface area contributed by atoms with Crippen molar-refractivity contribution in [1.29, 1.82) is 0 Å². The number of benzene rings is 2. The van der Waals surface area contributed by atoms with E-state index in [1.807, 2.05) is 0 Å². The summed E-state index contributed by atoms with van der Waals surface area (Å²) < 4.78 is 5.11. The van der Waals surface area contributed by atoms with Gasteiger partial charge in [-0.15, -0.1) is 0 Å². The number of rotatable bonds is 6. The van der Waals surface area contributed by atoms with Crippen molar-refractivity contribution in [1.82, 2.24) is 0 Å². The van der Waals surface area contributed by atoms with Gasteiger partial charge in [-0.1, -0.05) is 12.1 Å². The van der Waals surface area contributed by atoms with E-state index in [9.17, 15) is 19.2 Å². The van der Waals surface area contributed by atoms with Crippen molar-refractivity contribution in [2.75, 3.05) is 5.32 Å². The molecule has 0 saturated heterocycles. The Morgan fingerprint density at radius 2 is 1.52 bits per heavy atom. The highest BCUT2D eigenvalue weighted by atomic mass is 16.5. The predicted molar refractivity (Wildman–Crippen MR) is 91.8 cm³/mol. The fourth-order valence-corrected chi connectivity index (χ4v) is 2.01. The maximum atomic E-state index is 12.1. The van der Waals surface area contributed by atoms with E-state index in [0.29, 0.717) is 23.1 Å². The van der Waals surface area contributed by atoms with Crippen molar-refractivity contribution in [2.45, 2.75) is 20.0 Å². The van der Waals surface area contributed by atoms with Crippen LogP contribution in [0.25, 0.3) is 0 Å². The van der Waals surface area contributed by atoms with Crippen LogP contribution in [0.2, 0.25) is 0 Å². The highest BCUT2D eigenvalue weighted by Crippen LogP contribution is 2.12. The fraction of sp³-hybridized carbons (Fsp3) is 0.158. The largest absolute Gasteiger partial charge is 0.449 e. The summed E-state index contributed by atoms with van der Waals surface area (Å²) in [4.78, 5) is 45.9. The van der Waals surface area contributed by atoms with Gasteiger partial charge in [-0.05, 0) is 50.2 Å². The Kier molecular flexibility index (Phi) is 5.79. The van der Waals surface area contributed by atoms with Crippen LogP contribution in [0, 0.1) is 0 Å². The first-order valence-corrected chi connectivity index (χ1v) is 7.59. The van der Waals surface area contributed by atoms with Gasteiger partial charge in [-0.3, -0.25) is 14.4 Å². The van der Waals surface area contributed by atoms with Crippen molar-refractivity contribution < 1.29 is 23.9 Å². The molecule has 0 unspecified atom stereocenters. The smallest absolute Gasteiger partial charge is 0.338 e. The Hall–Kier alpha value is -3.28. The third-order valence-corrected chi connectivity index (χ3v) is 3.49. The second-order valence-electron chi connectivity index (χ2n) is 5.41. The number of amides is 1. The van der Waals surface area contributed by atoms with Crippen LogP contribution in [0.4, 0.5) is 5.69 Å². The summed E-state index contributed by atoms with van der Waals surface area (Å²) in [5, 5.41) is 2.61. The molecule has 0 bridgehead atoms. The Morgan fingerprint density at radius 3 is 2.04 bits per heavy atom. The zero-order valence-corrected chi connectivity index (χ0v) is 13.8. The number of hydrogen-bond acceptors (Lipinski definition) is 5. The molecule has 0 aromatic heterocycles. The lowest BCUT2D eigenvalue weighted by Gasteiger charge is -2.13. The maximum Gasteiger partial charge on any atom is 0.338 e. The number of ketones is 1. The summed E-state index contributed by atoms with van der Waals surface area (Å²) in [6.45, 7) is 2.91. The van der Waals surface area contributed by atoms with Crippen LogP contribution in [0.15, 0.2) is 48.5 Å². The molecule has 0 aliphatic rings. The normalized spacial score (nSPS) is 11.3. The molecule has 25 heavy (non-hydrogen) atoms. The summed E-state index contributed by atoms with van der Waals surface area (Å²) in [6, 6.07) is 12.3. The Bertz CT molecular complexity index is 794. The number of hydrogen-bond donors (Lipinski definition) is 1. The van der Waals surface area contributed by atoms with Crippen molar-refractivity contribution in [3.05, 3.63) is 65.2 Å². The molecule has 0 radical (unpaired) electrons. The third kappa shape index (κ3) is 4.84. The summed E-state index contributed by atoms with van der Waals surface area (Å²) in [7, 11) is 0. The van der Waals surface area contributed by atoms with Crippen LogP contribution < -0.4 is 5.32 Å². The molecular weight excluding hydrogens is 322 g/mol. The minimum atomic E-state index is -1.01. The van der Waals surface area contributed by atoms with Gasteiger partial charge in [-0.25, -0.2) is 4.79 Å². The van der Waals surface area contributed by atoms with Crippen LogP contribution in [0.1, 0.15) is 44.9 Å². The molecule has 6 nitrogen and oxygen atoms in total. The molecule has 2 rings (SSSR count). The lowest BCUT2D eigenvalue weighted by molar-refractivity contribution is -0.123. The standard InChI is InChI=1S/C19H17NO5/c1-12(22)15-7-9-17(10-8-15)20-18(23)13(2)25-19(24)16-5-3-14(11-21)4-6-16/h3-11,13H,1-2H3,(H,20,23)/t13-/m1/s1. The van der Waals surface area contributed by atoms with Gasteiger partial charge in [0.2, 0.25) is 0 Å². The van der Waals surface area contributed by atoms with Crippen molar-refractivity contribution in [3.8, 4) is 0 Å². The van der Waals surface area contributed by atoms with Gasteiger partial charge in [0.1, 0.15) is 6.29 Å². The molecule has 1 atom stereocenters. The molecule has 1 amide bonds. The first kappa shape index (κ1) is 18.1. The topological polar surface area (TPSA) is 89.5 Å². The average molecular weight is 339 g/mol. The van der Waals surface area contributed by atoms with Crippen LogP contribution in [0.5, 0.6) is 0 Å². The zero-order chi connectivity index (χ0) is 18.4. The van der Waals surface area contributed by atoms with Crippen LogP contribution >= 0.6 is 0 Å². The molecule has 1 N–H and O–H groups in total. The van der Waals surface area contributed by atoms with Crippen LogP contribution in [-0.4, -0.2) is 30.0 Å². The van der Waals surface area contributed by atoms with Gasteiger partial charge < -0.3 is 10.1 Å². The molecule has 2 aromatic carbocycles. The van der Waals surface area contributed by atoms with Crippen molar-refractivity contribution in [2.24, 2.45) is 0 Å². The summed E-state index contributed by atoms with van der Waals surface area (Å²) in [5.41, 5.74) is 1.72. The SMILES string of the molecule is CC(=O)c1ccc(NC(=O)[C@@H](C)OC(=O)c2ccc(C=O)cc2)cc1. The van der Waals surface area contributed by atoms with Crippen molar-refractivity contribution in [3.63, 3.8) is 0 Å². The molecule has 6 heteroatoms. The van der Waals surface area contributed by atoms with E-state index in [0.717, 1.165) is 0 Å². The van der Waals surface area contributed by atoms with Gasteiger partial charge in [0.15, 0.2) is 11.9 Å². The third-order valence-electron chi connectivity index (χ3n) is 3.49. The number of nitrogens with one attached hydrogen (secondary N) is 1. The van der Waals surface area contributed by atoms with Gasteiger partial charge in [0, 0.05) is 16.8 Å². The lowest BCUT2D eigenvalue weighted by atomic mass is 10.1. The van der Waals surface area contributed by atoms with E-state index < -0.39 is 18.0 Å². The Morgan fingerprint density at radius 1 is 0.960 bits per heavy atom. The first-order valence-electron chi connectivity index (χ1n) is 7.59. The molecule has 2 aromatic rings. The molecule has 0 aliphatic carbocycles. The number of esters is 1. The fourth-order valence-electron chi connectivity index (χ4n) is 2.01. The quantitative estimate of drug-likeness (QED) is 0.496. The Labute approximate surface area is 144 Å². The van der Waals surface area contributed by atoms with Crippen LogP contribution in [0.3, 0.4) is 0 Å². The van der Waals surface area contributed by atoms with E-state index in [4.69, 9.17) is 4.74 Å². The number of Topliss-reactive ketones (excluding diaryl/α,β-unsaturated/α-hetero) is 1. The van der Waals surface area contributed by atoms with E-state index in [1.165, 1.54) is 38.1 Å². The number of carbonyl (C=O) groups excluding carboxylic acids is 4. The summed E-state index contributed by atoms with van der Waals surface area (Å²) in [6.07, 6.45) is -0.339. The van der Waals surface area contributed by atoms with Gasteiger partial charge in [0.25, 0.3) is 5.91 Å². The van der Waals surface area contributed by atoms with E-state index in [2.05, 4.69) is 5.32 Å². The molecule has 128 valence electrons. The number of aldehydes is 1. The number of ether oxygens (including phenoxy) is 1. The molecule has 0 spiro atoms. The first-order chi connectivity index (χ1) is 11.9. The zero-order valence-electron chi connectivity index (χ0n) is 13.8. The van der Waals surface area contributed by atoms with Crippen molar-refractivity contribution >= 4 is 29.6 Å². The van der Waals surface area contributed by atoms with E-state index in [-0.39, 0.29) is 11.3 Å². The predicted octanol–water partition coefficient (Wildman–Crippen LogP) is 2.89. The summed E-state index contributed by atoms with van der Waals surface area (Å²) in [5.74, 6) is -1.22. The lowest BCUT2D eigenvalue weighted by Crippen LogP contribution is -2.30.